The molecule has 5 rings (SSSR count). The van der Waals surface area contributed by atoms with E-state index in [-0.39, 0.29) is 11.9 Å². The molecule has 1 saturated heterocycles. The number of aromatic nitrogens is 4. The highest BCUT2D eigenvalue weighted by molar-refractivity contribution is 6.01. The van der Waals surface area contributed by atoms with Gasteiger partial charge in [0.05, 0.1) is 11.9 Å². The third-order valence-corrected chi connectivity index (χ3v) is 5.56. The van der Waals surface area contributed by atoms with Crippen molar-refractivity contribution in [1.82, 2.24) is 25.0 Å². The molecule has 0 radical (unpaired) electrons. The van der Waals surface area contributed by atoms with Crippen molar-refractivity contribution in [3.8, 4) is 11.5 Å². The minimum absolute atomic E-state index is 0.0770. The molecule has 4 aromatic rings. The number of hydrogen-bond donors (Lipinski definition) is 1. The van der Waals surface area contributed by atoms with Crippen molar-refractivity contribution in [3.63, 3.8) is 0 Å². The Kier molecular flexibility index (Phi) is 5.26. The van der Waals surface area contributed by atoms with Gasteiger partial charge in [-0.2, -0.15) is 4.98 Å². The lowest BCUT2D eigenvalue weighted by molar-refractivity contribution is 0.173. The highest BCUT2D eigenvalue weighted by Gasteiger charge is 2.26. The van der Waals surface area contributed by atoms with Crippen LogP contribution < -0.4 is 5.32 Å². The Balaban J connectivity index is 1.24. The summed E-state index contributed by atoms with van der Waals surface area (Å²) in [5, 5.41) is 9.23. The van der Waals surface area contributed by atoms with Gasteiger partial charge in [0.1, 0.15) is 5.69 Å². The van der Waals surface area contributed by atoms with E-state index in [2.05, 4.69) is 25.4 Å². The number of piperidine rings is 1. The van der Waals surface area contributed by atoms with E-state index in [9.17, 15) is 4.79 Å². The third kappa shape index (κ3) is 4.23. The van der Waals surface area contributed by atoms with Gasteiger partial charge in [0, 0.05) is 37.3 Å². The largest absolute Gasteiger partial charge is 0.339 e. The molecular formula is C23H22N6O2. The van der Waals surface area contributed by atoms with Crippen molar-refractivity contribution >= 4 is 22.5 Å². The number of fused-ring (bicyclic) bond motifs is 1. The molecule has 3 heterocycles. The molecule has 1 unspecified atom stereocenters. The van der Waals surface area contributed by atoms with Crippen molar-refractivity contribution in [1.29, 1.82) is 0 Å². The summed E-state index contributed by atoms with van der Waals surface area (Å²) in [5.41, 5.74) is 1.41. The molecule has 2 amide bonds. The molecule has 2 aromatic carbocycles. The fourth-order valence-electron chi connectivity index (χ4n) is 4.05. The van der Waals surface area contributed by atoms with E-state index < -0.39 is 0 Å². The van der Waals surface area contributed by atoms with E-state index >= 15 is 0 Å². The molecule has 0 saturated carbocycles. The van der Waals surface area contributed by atoms with Gasteiger partial charge in [-0.25, -0.2) is 9.78 Å². The van der Waals surface area contributed by atoms with E-state index in [0.717, 1.165) is 35.8 Å². The lowest BCUT2D eigenvalue weighted by Gasteiger charge is -2.32. The highest BCUT2D eigenvalue weighted by Crippen LogP contribution is 2.25. The van der Waals surface area contributed by atoms with Crippen molar-refractivity contribution in [2.75, 3.05) is 18.4 Å². The lowest BCUT2D eigenvalue weighted by Crippen LogP contribution is -2.42. The molecule has 1 atom stereocenters. The summed E-state index contributed by atoms with van der Waals surface area (Å²) < 4.78 is 5.41. The second-order valence-electron chi connectivity index (χ2n) is 7.72. The van der Waals surface area contributed by atoms with Crippen LogP contribution in [0.5, 0.6) is 0 Å². The van der Waals surface area contributed by atoms with Gasteiger partial charge in [-0.3, -0.25) is 4.98 Å². The van der Waals surface area contributed by atoms with Crippen LogP contribution in [0.1, 0.15) is 18.7 Å². The fraction of sp³-hybridized carbons (Fsp3) is 0.261. The van der Waals surface area contributed by atoms with Gasteiger partial charge >= 0.3 is 6.03 Å². The fourth-order valence-corrected chi connectivity index (χ4v) is 4.05. The molecule has 1 N–H and O–H groups in total. The number of nitrogens with zero attached hydrogens (tertiary/aromatic N) is 5. The Hall–Kier alpha value is -3.81. The average Bonchev–Trinajstić information content (AvgIpc) is 3.28. The van der Waals surface area contributed by atoms with E-state index in [1.54, 1.807) is 18.6 Å². The maximum atomic E-state index is 12.9. The predicted octanol–water partition coefficient (Wildman–Crippen LogP) is 4.17. The van der Waals surface area contributed by atoms with E-state index in [0.29, 0.717) is 30.4 Å². The normalized spacial score (nSPS) is 16.4. The van der Waals surface area contributed by atoms with Gasteiger partial charge in [-0.15, -0.1) is 0 Å². The quantitative estimate of drug-likeness (QED) is 0.538. The Bertz CT molecular complexity index is 1190. The second-order valence-corrected chi connectivity index (χ2v) is 7.72. The van der Waals surface area contributed by atoms with Crippen molar-refractivity contribution in [2.45, 2.75) is 19.3 Å². The smallest absolute Gasteiger partial charge is 0.321 e. The Morgan fingerprint density at radius 3 is 2.97 bits per heavy atom. The minimum atomic E-state index is -0.0770. The molecule has 8 heteroatoms. The number of carbonyl (C=O) groups is 1. The average molecular weight is 414 g/mol. The van der Waals surface area contributed by atoms with Gasteiger partial charge < -0.3 is 14.7 Å². The summed E-state index contributed by atoms with van der Waals surface area (Å²) in [6.45, 7) is 1.39. The van der Waals surface area contributed by atoms with Gasteiger partial charge in [-0.05, 0) is 30.2 Å². The first-order valence-corrected chi connectivity index (χ1v) is 10.4. The monoisotopic (exact) mass is 414 g/mol. The van der Waals surface area contributed by atoms with Crippen LogP contribution in [0.15, 0.2) is 65.6 Å². The molecule has 0 bridgehead atoms. The molecule has 2 aromatic heterocycles. The maximum absolute atomic E-state index is 12.9. The van der Waals surface area contributed by atoms with E-state index in [4.69, 9.17) is 4.52 Å². The zero-order valence-electron chi connectivity index (χ0n) is 16.9. The molecule has 0 aliphatic carbocycles. The number of nitrogens with one attached hydrogen (secondary N) is 1. The number of hydrogen-bond acceptors (Lipinski definition) is 6. The predicted molar refractivity (Wildman–Crippen MR) is 116 cm³/mol. The van der Waals surface area contributed by atoms with E-state index in [1.165, 1.54) is 0 Å². The Morgan fingerprint density at radius 1 is 1.16 bits per heavy atom. The maximum Gasteiger partial charge on any atom is 0.321 e. The van der Waals surface area contributed by atoms with E-state index in [1.807, 2.05) is 47.4 Å². The van der Waals surface area contributed by atoms with Crippen molar-refractivity contribution < 1.29 is 9.32 Å². The van der Waals surface area contributed by atoms with Crippen molar-refractivity contribution in [2.24, 2.45) is 5.92 Å². The Labute approximate surface area is 179 Å². The summed E-state index contributed by atoms with van der Waals surface area (Å²) >= 11 is 0. The Morgan fingerprint density at radius 2 is 2.06 bits per heavy atom. The first kappa shape index (κ1) is 19.2. The van der Waals surface area contributed by atoms with Crippen LogP contribution in [0.3, 0.4) is 0 Å². The zero-order chi connectivity index (χ0) is 21.0. The number of amides is 2. The highest BCUT2D eigenvalue weighted by atomic mass is 16.5. The number of carbonyl (C=O) groups excluding carboxylic acids is 1. The summed E-state index contributed by atoms with van der Waals surface area (Å²) in [6.07, 6.45) is 7.39. The number of likely N-dealkylation sites (tertiary alicyclic amines) is 1. The number of benzene rings is 2. The first-order valence-electron chi connectivity index (χ1n) is 10.4. The second kappa shape index (κ2) is 8.51. The van der Waals surface area contributed by atoms with Crippen LogP contribution in [0, 0.1) is 5.92 Å². The van der Waals surface area contributed by atoms with Crippen LogP contribution in [-0.4, -0.2) is 44.1 Å². The standard InChI is InChI=1S/C23H22N6O2/c30-23(26-19-9-3-7-17-6-1-2-8-18(17)19)29-12-4-5-16(15-29)13-21-27-22(28-31-21)20-14-24-10-11-25-20/h1-3,6-11,14,16H,4-5,12-13,15H2,(H,26,30). The van der Waals surface area contributed by atoms with Crippen LogP contribution in [0.2, 0.25) is 0 Å². The molecule has 1 aliphatic rings. The van der Waals surface area contributed by atoms with Crippen LogP contribution >= 0.6 is 0 Å². The molecule has 31 heavy (non-hydrogen) atoms. The molecular weight excluding hydrogens is 392 g/mol. The van der Waals surface area contributed by atoms with Crippen LogP contribution in [-0.2, 0) is 6.42 Å². The molecule has 1 fully saturated rings. The topological polar surface area (TPSA) is 97.0 Å². The number of anilines is 1. The van der Waals surface area contributed by atoms with Crippen LogP contribution in [0.25, 0.3) is 22.3 Å². The third-order valence-electron chi connectivity index (χ3n) is 5.56. The van der Waals surface area contributed by atoms with Crippen molar-refractivity contribution in [3.05, 3.63) is 66.9 Å². The van der Waals surface area contributed by atoms with Crippen LogP contribution in [0.4, 0.5) is 10.5 Å². The number of urea groups is 1. The zero-order valence-corrected chi connectivity index (χ0v) is 16.9. The molecule has 0 spiro atoms. The minimum Gasteiger partial charge on any atom is -0.339 e. The summed E-state index contributed by atoms with van der Waals surface area (Å²) in [6, 6.07) is 13.9. The van der Waals surface area contributed by atoms with Gasteiger partial charge in [0.15, 0.2) is 0 Å². The molecule has 1 aliphatic heterocycles. The summed E-state index contributed by atoms with van der Waals surface area (Å²) in [7, 11) is 0. The summed E-state index contributed by atoms with van der Waals surface area (Å²) in [5.74, 6) is 1.26. The molecule has 8 nitrogen and oxygen atoms in total. The molecule has 156 valence electrons. The first-order chi connectivity index (χ1) is 15.3. The summed E-state index contributed by atoms with van der Waals surface area (Å²) in [4.78, 5) is 27.5. The lowest BCUT2D eigenvalue weighted by atomic mass is 9.95. The SMILES string of the molecule is O=C(Nc1cccc2ccccc12)N1CCCC(Cc2nc(-c3cnccn3)no2)C1. The number of rotatable bonds is 4. The van der Waals surface area contributed by atoms with Gasteiger partial charge in [0.2, 0.25) is 11.7 Å². The van der Waals surface area contributed by atoms with Gasteiger partial charge in [0.25, 0.3) is 0 Å². The van der Waals surface area contributed by atoms with Gasteiger partial charge in [-0.1, -0.05) is 41.6 Å².